The van der Waals surface area contributed by atoms with E-state index in [9.17, 15) is 4.79 Å². The van der Waals surface area contributed by atoms with E-state index in [-0.39, 0.29) is 11.9 Å². The monoisotopic (exact) mass is 259 g/mol. The number of amides is 1. The van der Waals surface area contributed by atoms with E-state index in [1.54, 1.807) is 22.4 Å². The van der Waals surface area contributed by atoms with Gasteiger partial charge in [0.25, 0.3) is 0 Å². The van der Waals surface area contributed by atoms with Gasteiger partial charge in [0.2, 0.25) is 5.91 Å². The van der Waals surface area contributed by atoms with Gasteiger partial charge in [-0.25, -0.2) is 4.98 Å². The third-order valence-corrected chi connectivity index (χ3v) is 3.86. The minimum Gasteiger partial charge on any atom is -0.354 e. The average molecular weight is 259 g/mol. The molecule has 0 radical (unpaired) electrons. The van der Waals surface area contributed by atoms with Crippen LogP contribution in [0.2, 0.25) is 0 Å². The predicted octanol–water partition coefficient (Wildman–Crippen LogP) is 2.66. The molecular weight excluding hydrogens is 246 g/mol. The number of carbonyl (C=O) groups is 1. The lowest BCUT2D eigenvalue weighted by atomic mass is 9.96. The Morgan fingerprint density at radius 2 is 2.28 bits per heavy atom. The number of fused-ring (bicyclic) bond motifs is 1. The first-order valence-electron chi connectivity index (χ1n) is 5.77. The van der Waals surface area contributed by atoms with Gasteiger partial charge in [0.1, 0.15) is 0 Å². The Labute approximate surface area is 109 Å². The zero-order chi connectivity index (χ0) is 12.5. The number of rotatable bonds is 2. The molecule has 0 saturated heterocycles. The van der Waals surface area contributed by atoms with E-state index >= 15 is 0 Å². The normalized spacial score (nSPS) is 18.6. The molecule has 1 aromatic heterocycles. The summed E-state index contributed by atoms with van der Waals surface area (Å²) in [4.78, 5) is 17.9. The van der Waals surface area contributed by atoms with E-state index in [0.717, 1.165) is 16.4 Å². The van der Waals surface area contributed by atoms with Gasteiger partial charge >= 0.3 is 0 Å². The Bertz CT molecular complexity index is 567. The molecule has 1 N–H and O–H groups in total. The lowest BCUT2D eigenvalue weighted by molar-refractivity contribution is -0.118. The van der Waals surface area contributed by atoms with E-state index in [2.05, 4.69) is 16.4 Å². The van der Waals surface area contributed by atoms with Gasteiger partial charge in [0, 0.05) is 24.3 Å². The number of hydrogen-bond acceptors (Lipinski definition) is 4. The van der Waals surface area contributed by atoms with Gasteiger partial charge in [-0.05, 0) is 11.6 Å². The van der Waals surface area contributed by atoms with Crippen LogP contribution in [0.25, 0.3) is 0 Å². The van der Waals surface area contributed by atoms with Crippen LogP contribution in [-0.2, 0) is 4.79 Å². The molecule has 1 aromatic carbocycles. The molecular formula is C13H13N3OS. The molecule has 1 unspecified atom stereocenters. The number of anilines is 2. The van der Waals surface area contributed by atoms with Crippen LogP contribution in [0.5, 0.6) is 0 Å². The second-order valence-corrected chi connectivity index (χ2v) is 5.14. The van der Waals surface area contributed by atoms with Crippen LogP contribution in [0.3, 0.4) is 0 Å². The standard InChI is InChI=1S/C13H13N3OS/c1-16-11-5-3-2-4-9(11)10(8-12(16)17)15-13-14-6-7-18-13/h2-7,10H,8H2,1H3,(H,14,15). The third-order valence-electron chi connectivity index (χ3n) is 3.16. The van der Waals surface area contributed by atoms with E-state index in [1.807, 2.05) is 30.6 Å². The van der Waals surface area contributed by atoms with Crippen LogP contribution in [-0.4, -0.2) is 17.9 Å². The fraction of sp³-hybridized carbons (Fsp3) is 0.231. The van der Waals surface area contributed by atoms with Crippen LogP contribution in [0.4, 0.5) is 10.8 Å². The van der Waals surface area contributed by atoms with Crippen molar-refractivity contribution >= 4 is 28.1 Å². The number of nitrogens with one attached hydrogen (secondary N) is 1. The molecule has 1 amide bonds. The summed E-state index contributed by atoms with van der Waals surface area (Å²) >= 11 is 1.55. The maximum atomic E-state index is 12.0. The van der Waals surface area contributed by atoms with Crippen molar-refractivity contribution in [2.45, 2.75) is 12.5 Å². The number of nitrogens with zero attached hydrogens (tertiary/aromatic N) is 2. The van der Waals surface area contributed by atoms with E-state index in [4.69, 9.17) is 0 Å². The van der Waals surface area contributed by atoms with Crippen molar-refractivity contribution < 1.29 is 4.79 Å². The molecule has 4 nitrogen and oxygen atoms in total. The Kier molecular flexibility index (Phi) is 2.76. The maximum absolute atomic E-state index is 12.0. The van der Waals surface area contributed by atoms with Gasteiger partial charge in [-0.1, -0.05) is 18.2 Å². The zero-order valence-electron chi connectivity index (χ0n) is 9.96. The van der Waals surface area contributed by atoms with Crippen molar-refractivity contribution in [3.63, 3.8) is 0 Å². The van der Waals surface area contributed by atoms with Crippen molar-refractivity contribution in [1.82, 2.24) is 4.98 Å². The van der Waals surface area contributed by atoms with Crippen molar-refractivity contribution in [2.75, 3.05) is 17.3 Å². The summed E-state index contributed by atoms with van der Waals surface area (Å²) in [6, 6.07) is 8.00. The fourth-order valence-corrected chi connectivity index (χ4v) is 2.80. The van der Waals surface area contributed by atoms with Crippen molar-refractivity contribution in [2.24, 2.45) is 0 Å². The number of para-hydroxylation sites is 1. The molecule has 0 fully saturated rings. The number of aromatic nitrogens is 1. The summed E-state index contributed by atoms with van der Waals surface area (Å²) in [5.41, 5.74) is 2.12. The Hall–Kier alpha value is -1.88. The van der Waals surface area contributed by atoms with Gasteiger partial charge in [-0.2, -0.15) is 0 Å². The highest BCUT2D eigenvalue weighted by molar-refractivity contribution is 7.13. The molecule has 2 aromatic rings. The Balaban J connectivity index is 1.96. The largest absolute Gasteiger partial charge is 0.354 e. The summed E-state index contributed by atoms with van der Waals surface area (Å²) in [6.07, 6.45) is 2.22. The minimum atomic E-state index is 0.0102. The molecule has 2 heterocycles. The molecule has 18 heavy (non-hydrogen) atoms. The number of thiazole rings is 1. The van der Waals surface area contributed by atoms with Crippen LogP contribution in [0, 0.1) is 0 Å². The first-order chi connectivity index (χ1) is 8.75. The molecule has 3 rings (SSSR count). The van der Waals surface area contributed by atoms with Gasteiger partial charge in [0.15, 0.2) is 5.13 Å². The van der Waals surface area contributed by atoms with Crippen LogP contribution in [0.15, 0.2) is 35.8 Å². The van der Waals surface area contributed by atoms with Crippen LogP contribution < -0.4 is 10.2 Å². The molecule has 1 atom stereocenters. The third kappa shape index (κ3) is 1.86. The number of benzene rings is 1. The SMILES string of the molecule is CN1C(=O)CC(Nc2nccs2)c2ccccc21. The van der Waals surface area contributed by atoms with Crippen molar-refractivity contribution in [1.29, 1.82) is 0 Å². The number of carbonyl (C=O) groups excluding carboxylic acids is 1. The Morgan fingerprint density at radius 3 is 3.06 bits per heavy atom. The highest BCUT2D eigenvalue weighted by atomic mass is 32.1. The minimum absolute atomic E-state index is 0.0102. The smallest absolute Gasteiger partial charge is 0.229 e. The molecule has 0 bridgehead atoms. The second-order valence-electron chi connectivity index (χ2n) is 4.25. The van der Waals surface area contributed by atoms with Crippen LogP contribution >= 0.6 is 11.3 Å². The molecule has 0 spiro atoms. The molecule has 1 aliphatic rings. The average Bonchev–Trinajstić information content (AvgIpc) is 2.89. The fourth-order valence-electron chi connectivity index (χ4n) is 2.22. The van der Waals surface area contributed by atoms with Crippen LogP contribution in [0.1, 0.15) is 18.0 Å². The lowest BCUT2D eigenvalue weighted by Gasteiger charge is -2.31. The summed E-state index contributed by atoms with van der Waals surface area (Å²) < 4.78 is 0. The molecule has 0 saturated carbocycles. The van der Waals surface area contributed by atoms with Gasteiger partial charge in [0.05, 0.1) is 12.5 Å². The summed E-state index contributed by atoms with van der Waals surface area (Å²) in [7, 11) is 1.82. The number of hydrogen-bond donors (Lipinski definition) is 1. The highest BCUT2D eigenvalue weighted by Crippen LogP contribution is 2.35. The lowest BCUT2D eigenvalue weighted by Crippen LogP contribution is -2.35. The molecule has 0 aliphatic carbocycles. The van der Waals surface area contributed by atoms with Gasteiger partial charge in [-0.15, -0.1) is 11.3 Å². The summed E-state index contributed by atoms with van der Waals surface area (Å²) in [5.74, 6) is 0.128. The topological polar surface area (TPSA) is 45.2 Å². The van der Waals surface area contributed by atoms with E-state index in [0.29, 0.717) is 6.42 Å². The summed E-state index contributed by atoms with van der Waals surface area (Å²) in [5, 5.41) is 6.10. The van der Waals surface area contributed by atoms with Gasteiger partial charge < -0.3 is 10.2 Å². The zero-order valence-corrected chi connectivity index (χ0v) is 10.8. The first-order valence-corrected chi connectivity index (χ1v) is 6.65. The predicted molar refractivity (Wildman–Crippen MR) is 72.9 cm³/mol. The highest BCUT2D eigenvalue weighted by Gasteiger charge is 2.28. The molecule has 92 valence electrons. The first kappa shape index (κ1) is 11.2. The summed E-state index contributed by atoms with van der Waals surface area (Å²) in [6.45, 7) is 0. The van der Waals surface area contributed by atoms with E-state index < -0.39 is 0 Å². The van der Waals surface area contributed by atoms with E-state index in [1.165, 1.54) is 0 Å². The maximum Gasteiger partial charge on any atom is 0.229 e. The molecule has 5 heteroatoms. The Morgan fingerprint density at radius 1 is 1.44 bits per heavy atom. The van der Waals surface area contributed by atoms with Crippen molar-refractivity contribution in [3.8, 4) is 0 Å². The van der Waals surface area contributed by atoms with Gasteiger partial charge in [-0.3, -0.25) is 4.79 Å². The van der Waals surface area contributed by atoms with Crippen molar-refractivity contribution in [3.05, 3.63) is 41.4 Å². The second kappa shape index (κ2) is 4.42. The molecule has 1 aliphatic heterocycles. The quantitative estimate of drug-likeness (QED) is 0.901.